The summed E-state index contributed by atoms with van der Waals surface area (Å²) in [5.74, 6) is 0.175. The molecule has 2 heteroatoms. The summed E-state index contributed by atoms with van der Waals surface area (Å²) in [6, 6.07) is 19.8. The molecule has 0 atom stereocenters. The standard InChI is InChI=1S/C20H25NO/c1-2-3-4-5-12-17-20(22)21(18-13-8-6-9-14-18)19-15-10-7-11-16-19/h6-11,13-16H,2-5,12,17H2,1H3. The van der Waals surface area contributed by atoms with Crippen molar-refractivity contribution < 1.29 is 4.79 Å². The number of carbonyl (C=O) groups excluding carboxylic acids is 1. The van der Waals surface area contributed by atoms with Gasteiger partial charge in [-0.3, -0.25) is 9.69 Å². The summed E-state index contributed by atoms with van der Waals surface area (Å²) < 4.78 is 0. The van der Waals surface area contributed by atoms with Gasteiger partial charge in [-0.1, -0.05) is 69.0 Å². The highest BCUT2D eigenvalue weighted by molar-refractivity contribution is 6.00. The Bertz CT molecular complexity index is 511. The number of anilines is 2. The molecule has 2 nitrogen and oxygen atoms in total. The van der Waals surface area contributed by atoms with Gasteiger partial charge in [-0.25, -0.2) is 0 Å². The summed E-state index contributed by atoms with van der Waals surface area (Å²) in [5, 5.41) is 0. The van der Waals surface area contributed by atoms with Crippen LogP contribution in [0.5, 0.6) is 0 Å². The van der Waals surface area contributed by atoms with Crippen molar-refractivity contribution in [2.45, 2.75) is 45.4 Å². The molecule has 2 aromatic carbocycles. The minimum Gasteiger partial charge on any atom is -0.281 e. The molecule has 0 aromatic heterocycles. The highest BCUT2D eigenvalue weighted by Crippen LogP contribution is 2.26. The van der Waals surface area contributed by atoms with Crippen LogP contribution in [0.15, 0.2) is 60.7 Å². The number of para-hydroxylation sites is 2. The first-order chi connectivity index (χ1) is 10.8. The Hall–Kier alpha value is -2.09. The molecular weight excluding hydrogens is 270 g/mol. The molecule has 0 aliphatic rings. The van der Waals surface area contributed by atoms with E-state index in [4.69, 9.17) is 0 Å². The van der Waals surface area contributed by atoms with Crippen molar-refractivity contribution in [3.05, 3.63) is 60.7 Å². The van der Waals surface area contributed by atoms with Crippen LogP contribution < -0.4 is 4.90 Å². The lowest BCUT2D eigenvalue weighted by Gasteiger charge is -2.23. The molecule has 0 bridgehead atoms. The second kappa shape index (κ2) is 9.04. The van der Waals surface area contributed by atoms with Gasteiger partial charge in [0, 0.05) is 17.8 Å². The molecule has 22 heavy (non-hydrogen) atoms. The minimum atomic E-state index is 0.175. The SMILES string of the molecule is CCCCCCCC(=O)N(c1ccccc1)c1ccccc1. The van der Waals surface area contributed by atoms with Gasteiger partial charge in [0.25, 0.3) is 0 Å². The topological polar surface area (TPSA) is 20.3 Å². The van der Waals surface area contributed by atoms with Gasteiger partial charge in [0.15, 0.2) is 0 Å². The Kier molecular flexibility index (Phi) is 6.69. The highest BCUT2D eigenvalue weighted by Gasteiger charge is 2.16. The van der Waals surface area contributed by atoms with Crippen LogP contribution in [-0.4, -0.2) is 5.91 Å². The van der Waals surface area contributed by atoms with Crippen molar-refractivity contribution in [3.63, 3.8) is 0 Å². The smallest absolute Gasteiger partial charge is 0.231 e. The number of hydrogen-bond acceptors (Lipinski definition) is 1. The van der Waals surface area contributed by atoms with Crippen LogP contribution in [0, 0.1) is 0 Å². The maximum atomic E-state index is 12.7. The molecule has 0 N–H and O–H groups in total. The van der Waals surface area contributed by atoms with Gasteiger partial charge in [0.2, 0.25) is 5.91 Å². The van der Waals surface area contributed by atoms with Gasteiger partial charge >= 0.3 is 0 Å². The molecule has 0 spiro atoms. The Morgan fingerprint density at radius 1 is 0.773 bits per heavy atom. The molecule has 2 rings (SSSR count). The first kappa shape index (κ1) is 16.3. The van der Waals surface area contributed by atoms with Crippen molar-refractivity contribution in [1.82, 2.24) is 0 Å². The number of hydrogen-bond donors (Lipinski definition) is 0. The third kappa shape index (κ3) is 4.73. The second-order valence-electron chi connectivity index (χ2n) is 5.56. The first-order valence-corrected chi connectivity index (χ1v) is 8.26. The first-order valence-electron chi connectivity index (χ1n) is 8.26. The molecule has 0 radical (unpaired) electrons. The lowest BCUT2D eigenvalue weighted by atomic mass is 10.1. The monoisotopic (exact) mass is 295 g/mol. The normalized spacial score (nSPS) is 10.4. The molecule has 0 aliphatic heterocycles. The van der Waals surface area contributed by atoms with Crippen LogP contribution in [0.25, 0.3) is 0 Å². The van der Waals surface area contributed by atoms with Gasteiger partial charge in [0.05, 0.1) is 0 Å². The number of carbonyl (C=O) groups is 1. The molecule has 0 aliphatic carbocycles. The maximum absolute atomic E-state index is 12.7. The third-order valence-electron chi connectivity index (χ3n) is 3.77. The number of benzene rings is 2. The van der Waals surface area contributed by atoms with E-state index in [0.717, 1.165) is 24.2 Å². The molecule has 2 aromatic rings. The van der Waals surface area contributed by atoms with Crippen molar-refractivity contribution in [3.8, 4) is 0 Å². The number of amides is 1. The average molecular weight is 295 g/mol. The van der Waals surface area contributed by atoms with E-state index in [2.05, 4.69) is 6.92 Å². The summed E-state index contributed by atoms with van der Waals surface area (Å²) in [4.78, 5) is 14.5. The van der Waals surface area contributed by atoms with E-state index < -0.39 is 0 Å². The summed E-state index contributed by atoms with van der Waals surface area (Å²) in [6.45, 7) is 2.21. The van der Waals surface area contributed by atoms with Crippen molar-refractivity contribution in [2.75, 3.05) is 4.90 Å². The molecule has 116 valence electrons. The molecule has 0 saturated heterocycles. The van der Waals surface area contributed by atoms with Gasteiger partial charge in [-0.05, 0) is 30.7 Å². The van der Waals surface area contributed by atoms with Crippen LogP contribution >= 0.6 is 0 Å². The van der Waals surface area contributed by atoms with Gasteiger partial charge in [-0.2, -0.15) is 0 Å². The van der Waals surface area contributed by atoms with E-state index in [1.54, 1.807) is 0 Å². The predicted molar refractivity (Wildman–Crippen MR) is 93.4 cm³/mol. The fraction of sp³-hybridized carbons (Fsp3) is 0.350. The maximum Gasteiger partial charge on any atom is 0.231 e. The molecule has 0 fully saturated rings. The molecule has 0 unspecified atom stereocenters. The Morgan fingerprint density at radius 3 is 1.77 bits per heavy atom. The summed E-state index contributed by atoms with van der Waals surface area (Å²) in [5.41, 5.74) is 1.87. The van der Waals surface area contributed by atoms with E-state index in [-0.39, 0.29) is 5.91 Å². The fourth-order valence-electron chi connectivity index (χ4n) is 2.58. The summed E-state index contributed by atoms with van der Waals surface area (Å²) in [7, 11) is 0. The van der Waals surface area contributed by atoms with E-state index >= 15 is 0 Å². The zero-order chi connectivity index (χ0) is 15.6. The zero-order valence-corrected chi connectivity index (χ0v) is 13.4. The van der Waals surface area contributed by atoms with Crippen LogP contribution in [-0.2, 0) is 4.79 Å². The fourth-order valence-corrected chi connectivity index (χ4v) is 2.58. The summed E-state index contributed by atoms with van der Waals surface area (Å²) >= 11 is 0. The van der Waals surface area contributed by atoms with Gasteiger partial charge in [0.1, 0.15) is 0 Å². The highest BCUT2D eigenvalue weighted by atomic mass is 16.2. The van der Waals surface area contributed by atoms with E-state index in [0.29, 0.717) is 6.42 Å². The number of rotatable bonds is 8. The van der Waals surface area contributed by atoms with E-state index in [9.17, 15) is 4.79 Å². The van der Waals surface area contributed by atoms with Crippen LogP contribution in [0.2, 0.25) is 0 Å². The Morgan fingerprint density at radius 2 is 1.27 bits per heavy atom. The Labute approximate surface area is 133 Å². The van der Waals surface area contributed by atoms with Crippen LogP contribution in [0.1, 0.15) is 45.4 Å². The minimum absolute atomic E-state index is 0.175. The molecule has 1 amide bonds. The van der Waals surface area contributed by atoms with E-state index in [1.807, 2.05) is 65.6 Å². The molecular formula is C20H25NO. The average Bonchev–Trinajstić information content (AvgIpc) is 2.57. The van der Waals surface area contributed by atoms with Crippen molar-refractivity contribution in [2.24, 2.45) is 0 Å². The molecule has 0 saturated carbocycles. The third-order valence-corrected chi connectivity index (χ3v) is 3.77. The predicted octanol–water partition coefficient (Wildman–Crippen LogP) is 5.71. The van der Waals surface area contributed by atoms with Crippen LogP contribution in [0.4, 0.5) is 11.4 Å². The summed E-state index contributed by atoms with van der Waals surface area (Å²) in [6.07, 6.45) is 6.42. The quantitative estimate of drug-likeness (QED) is 0.571. The zero-order valence-electron chi connectivity index (χ0n) is 13.4. The van der Waals surface area contributed by atoms with Gasteiger partial charge < -0.3 is 0 Å². The second-order valence-corrected chi connectivity index (χ2v) is 5.56. The number of nitrogens with zero attached hydrogens (tertiary/aromatic N) is 1. The van der Waals surface area contributed by atoms with E-state index in [1.165, 1.54) is 19.3 Å². The van der Waals surface area contributed by atoms with Crippen molar-refractivity contribution in [1.29, 1.82) is 0 Å². The lowest BCUT2D eigenvalue weighted by Crippen LogP contribution is -2.25. The van der Waals surface area contributed by atoms with Crippen molar-refractivity contribution >= 4 is 17.3 Å². The lowest BCUT2D eigenvalue weighted by molar-refractivity contribution is -0.118. The Balaban J connectivity index is 2.07. The largest absolute Gasteiger partial charge is 0.281 e. The van der Waals surface area contributed by atoms with Gasteiger partial charge in [-0.15, -0.1) is 0 Å². The van der Waals surface area contributed by atoms with Crippen LogP contribution in [0.3, 0.4) is 0 Å². The molecule has 0 heterocycles. The number of unbranched alkanes of at least 4 members (excludes halogenated alkanes) is 4.